The molecular weight excluding hydrogens is 246 g/mol. The van der Waals surface area contributed by atoms with Crippen molar-refractivity contribution in [1.82, 2.24) is 10.5 Å². The number of hydrogen-bond acceptors (Lipinski definition) is 4. The topological polar surface area (TPSA) is 89.3 Å². The van der Waals surface area contributed by atoms with Crippen molar-refractivity contribution < 1.29 is 0 Å². The molecule has 0 saturated heterocycles. The van der Waals surface area contributed by atoms with Crippen molar-refractivity contribution in [2.45, 2.75) is 13.3 Å². The molecule has 0 aromatic carbocycles. The van der Waals surface area contributed by atoms with Crippen molar-refractivity contribution >= 4 is 21.8 Å². The Morgan fingerprint density at radius 3 is 2.93 bits per heavy atom. The SMILES string of the molecule is Cc1nc(Br)ccc1C/C(N)=N/NN. The van der Waals surface area contributed by atoms with Gasteiger partial charge >= 0.3 is 0 Å². The molecule has 1 aromatic heterocycles. The van der Waals surface area contributed by atoms with E-state index in [9.17, 15) is 0 Å². The average molecular weight is 258 g/mol. The second kappa shape index (κ2) is 4.92. The van der Waals surface area contributed by atoms with Crippen molar-refractivity contribution in [2.75, 3.05) is 0 Å². The highest BCUT2D eigenvalue weighted by Gasteiger charge is 2.02. The average Bonchev–Trinajstić information content (AvgIpc) is 2.10. The number of nitrogens with zero attached hydrogens (tertiary/aromatic N) is 2. The molecular formula is C8H12BrN5. The molecule has 1 heterocycles. The van der Waals surface area contributed by atoms with Crippen LogP contribution >= 0.6 is 15.9 Å². The van der Waals surface area contributed by atoms with E-state index < -0.39 is 0 Å². The maximum Gasteiger partial charge on any atom is 0.125 e. The van der Waals surface area contributed by atoms with Gasteiger partial charge in [0.2, 0.25) is 0 Å². The van der Waals surface area contributed by atoms with E-state index in [0.29, 0.717) is 12.3 Å². The maximum atomic E-state index is 5.59. The van der Waals surface area contributed by atoms with Crippen LogP contribution < -0.4 is 17.1 Å². The van der Waals surface area contributed by atoms with Crippen LogP contribution in [0.2, 0.25) is 0 Å². The number of nitrogens with one attached hydrogen (secondary N) is 1. The van der Waals surface area contributed by atoms with Gasteiger partial charge in [-0.1, -0.05) is 6.07 Å². The summed E-state index contributed by atoms with van der Waals surface area (Å²) in [5.74, 6) is 5.43. The number of rotatable bonds is 3. The van der Waals surface area contributed by atoms with Gasteiger partial charge in [-0.3, -0.25) is 0 Å². The number of hydrazone groups is 1. The fraction of sp³-hybridized carbons (Fsp3) is 0.250. The van der Waals surface area contributed by atoms with Crippen LogP contribution in [0.1, 0.15) is 11.3 Å². The molecule has 5 nitrogen and oxygen atoms in total. The first-order valence-corrected chi connectivity index (χ1v) is 4.82. The van der Waals surface area contributed by atoms with Crippen molar-refractivity contribution in [3.8, 4) is 0 Å². The summed E-state index contributed by atoms with van der Waals surface area (Å²) in [6.45, 7) is 1.92. The van der Waals surface area contributed by atoms with Gasteiger partial charge in [0, 0.05) is 12.1 Å². The molecule has 0 aliphatic heterocycles. The van der Waals surface area contributed by atoms with E-state index in [2.05, 4.69) is 31.6 Å². The highest BCUT2D eigenvalue weighted by molar-refractivity contribution is 9.10. The smallest absolute Gasteiger partial charge is 0.125 e. The second-order valence-electron chi connectivity index (χ2n) is 2.79. The lowest BCUT2D eigenvalue weighted by molar-refractivity contribution is 0.798. The molecule has 5 N–H and O–H groups in total. The summed E-state index contributed by atoms with van der Waals surface area (Å²) in [5, 5.41) is 3.67. The third kappa shape index (κ3) is 2.97. The monoisotopic (exact) mass is 257 g/mol. The van der Waals surface area contributed by atoms with Crippen LogP contribution in [-0.2, 0) is 6.42 Å². The molecule has 76 valence electrons. The minimum Gasteiger partial charge on any atom is -0.385 e. The van der Waals surface area contributed by atoms with Crippen molar-refractivity contribution in [2.24, 2.45) is 16.7 Å². The van der Waals surface area contributed by atoms with Crippen molar-refractivity contribution in [3.63, 3.8) is 0 Å². The summed E-state index contributed by atoms with van der Waals surface area (Å²) in [4.78, 5) is 4.24. The lowest BCUT2D eigenvalue weighted by Crippen LogP contribution is -2.24. The summed E-state index contributed by atoms with van der Waals surface area (Å²) >= 11 is 3.29. The Balaban J connectivity index is 2.82. The van der Waals surface area contributed by atoms with Gasteiger partial charge in [0.1, 0.15) is 10.4 Å². The third-order valence-electron chi connectivity index (χ3n) is 1.74. The van der Waals surface area contributed by atoms with Crippen LogP contribution in [0.15, 0.2) is 21.8 Å². The summed E-state index contributed by atoms with van der Waals surface area (Å²) < 4.78 is 0.811. The fourth-order valence-electron chi connectivity index (χ4n) is 1.06. The first-order valence-electron chi connectivity index (χ1n) is 4.03. The second-order valence-corrected chi connectivity index (χ2v) is 3.60. The highest BCUT2D eigenvalue weighted by atomic mass is 79.9. The third-order valence-corrected chi connectivity index (χ3v) is 2.18. The molecule has 0 radical (unpaired) electrons. The van der Waals surface area contributed by atoms with Gasteiger partial charge in [0.15, 0.2) is 0 Å². The molecule has 1 aromatic rings. The fourth-order valence-corrected chi connectivity index (χ4v) is 1.46. The largest absolute Gasteiger partial charge is 0.385 e. The Kier molecular flexibility index (Phi) is 3.84. The normalized spacial score (nSPS) is 11.5. The summed E-state index contributed by atoms with van der Waals surface area (Å²) in [6, 6.07) is 3.82. The van der Waals surface area contributed by atoms with E-state index in [0.717, 1.165) is 15.9 Å². The van der Waals surface area contributed by atoms with Crippen molar-refractivity contribution in [3.05, 3.63) is 28.0 Å². The zero-order valence-corrected chi connectivity index (χ0v) is 9.37. The molecule has 0 unspecified atom stereocenters. The van der Waals surface area contributed by atoms with Gasteiger partial charge in [0.25, 0.3) is 0 Å². The molecule has 6 heteroatoms. The molecule has 0 bridgehead atoms. The minimum absolute atomic E-state index is 0.430. The predicted molar refractivity (Wildman–Crippen MR) is 59.3 cm³/mol. The maximum absolute atomic E-state index is 5.59. The number of nitrogens with two attached hydrogens (primary N) is 2. The number of pyridine rings is 1. The zero-order valence-electron chi connectivity index (χ0n) is 7.79. The standard InChI is InChI=1S/C8H12BrN5/c1-5-6(2-3-7(9)12-5)4-8(10)13-14-11/h2-3,14H,4,11H2,1H3,(H2,10,13). The Morgan fingerprint density at radius 1 is 1.64 bits per heavy atom. The number of aryl methyl sites for hydroxylation is 1. The van der Waals surface area contributed by atoms with Gasteiger partial charge in [-0.05, 0) is 34.5 Å². The summed E-state index contributed by atoms with van der Waals surface area (Å²) in [7, 11) is 0. The lowest BCUT2D eigenvalue weighted by Gasteiger charge is -2.04. The van der Waals surface area contributed by atoms with Gasteiger partial charge in [-0.2, -0.15) is 5.10 Å². The molecule has 0 aliphatic carbocycles. The number of aromatic nitrogens is 1. The van der Waals surface area contributed by atoms with E-state index in [1.807, 2.05) is 19.1 Å². The van der Waals surface area contributed by atoms with E-state index in [1.54, 1.807) is 0 Å². The first-order chi connectivity index (χ1) is 6.63. The predicted octanol–water partition coefficient (Wildman–Crippen LogP) is 0.431. The summed E-state index contributed by atoms with van der Waals surface area (Å²) in [6.07, 6.45) is 0.538. The lowest BCUT2D eigenvalue weighted by atomic mass is 10.1. The molecule has 0 fully saturated rings. The number of hydrogen-bond donors (Lipinski definition) is 3. The van der Waals surface area contributed by atoms with Gasteiger partial charge in [-0.25, -0.2) is 16.4 Å². The zero-order chi connectivity index (χ0) is 10.6. The van der Waals surface area contributed by atoms with Gasteiger partial charge in [0.05, 0.1) is 0 Å². The molecule has 14 heavy (non-hydrogen) atoms. The highest BCUT2D eigenvalue weighted by Crippen LogP contribution is 2.11. The van der Waals surface area contributed by atoms with Crippen LogP contribution in [0.4, 0.5) is 0 Å². The summed E-state index contributed by atoms with van der Waals surface area (Å²) in [5.41, 5.74) is 9.70. The van der Waals surface area contributed by atoms with Gasteiger partial charge < -0.3 is 5.73 Å². The molecule has 0 atom stereocenters. The first kappa shape index (κ1) is 10.9. The molecule has 0 saturated carbocycles. The van der Waals surface area contributed by atoms with Crippen LogP contribution in [0, 0.1) is 6.92 Å². The Bertz CT molecular complexity index is 350. The Morgan fingerprint density at radius 2 is 2.36 bits per heavy atom. The number of hydrazine groups is 1. The van der Waals surface area contributed by atoms with E-state index in [-0.39, 0.29) is 0 Å². The van der Waals surface area contributed by atoms with Crippen LogP contribution in [0.25, 0.3) is 0 Å². The quantitative estimate of drug-likeness (QED) is 0.241. The molecule has 0 spiro atoms. The van der Waals surface area contributed by atoms with E-state index >= 15 is 0 Å². The van der Waals surface area contributed by atoms with Gasteiger partial charge in [-0.15, -0.1) is 0 Å². The van der Waals surface area contributed by atoms with E-state index in [1.165, 1.54) is 0 Å². The Hall–Kier alpha value is -1.14. The Labute approximate surface area is 90.7 Å². The van der Waals surface area contributed by atoms with E-state index in [4.69, 9.17) is 11.6 Å². The minimum atomic E-state index is 0.430. The van der Waals surface area contributed by atoms with Crippen molar-refractivity contribution in [1.29, 1.82) is 0 Å². The van der Waals surface area contributed by atoms with Crippen LogP contribution in [0.5, 0.6) is 0 Å². The number of halogens is 1. The molecule has 0 aliphatic rings. The molecule has 1 rings (SSSR count). The number of amidine groups is 1. The van der Waals surface area contributed by atoms with Crippen LogP contribution in [0.3, 0.4) is 0 Å². The van der Waals surface area contributed by atoms with Crippen LogP contribution in [-0.4, -0.2) is 10.8 Å². The molecule has 0 amide bonds.